The number of aliphatic hydroxyl groups is 1. The summed E-state index contributed by atoms with van der Waals surface area (Å²) in [5.74, 6) is 0. The quantitative estimate of drug-likeness (QED) is 0.709. The van der Waals surface area contributed by atoms with Crippen molar-refractivity contribution in [2.75, 3.05) is 0 Å². The normalized spacial score (nSPS) is 17.3. The number of hydrogen-bond acceptors (Lipinski definition) is 2. The Morgan fingerprint density at radius 1 is 1.25 bits per heavy atom. The summed E-state index contributed by atoms with van der Waals surface area (Å²) in [6, 6.07) is 7.62. The molecule has 0 atom stereocenters. The van der Waals surface area contributed by atoms with Gasteiger partial charge < -0.3 is 15.1 Å². The smallest absolute Gasteiger partial charge is 0.323 e. The van der Waals surface area contributed by atoms with E-state index in [1.54, 1.807) is 6.20 Å². The molecular weight excluding hydrogens is 204 g/mol. The second kappa shape index (κ2) is 3.09. The summed E-state index contributed by atoms with van der Waals surface area (Å²) in [6.07, 6.45) is 3.21. The van der Waals surface area contributed by atoms with Crippen LogP contribution in [0.2, 0.25) is 0 Å². The molecule has 0 amide bonds. The third kappa shape index (κ3) is 1.39. The van der Waals surface area contributed by atoms with Gasteiger partial charge in [-0.25, -0.2) is 4.79 Å². The molecule has 1 aliphatic rings. The van der Waals surface area contributed by atoms with Crippen LogP contribution >= 0.6 is 0 Å². The van der Waals surface area contributed by atoms with Crippen LogP contribution in [-0.2, 0) is 5.60 Å². The van der Waals surface area contributed by atoms with E-state index in [4.69, 9.17) is 0 Å². The highest BCUT2D eigenvalue weighted by Crippen LogP contribution is 2.48. The SMILES string of the molecule is O=c1[nH]cc(-c2ccccc2C2(O)CC2)[nH]1. The zero-order valence-corrected chi connectivity index (χ0v) is 8.66. The molecule has 1 heterocycles. The molecule has 1 fully saturated rings. The summed E-state index contributed by atoms with van der Waals surface area (Å²) < 4.78 is 0. The number of rotatable bonds is 2. The second-order valence-electron chi connectivity index (χ2n) is 4.23. The van der Waals surface area contributed by atoms with Gasteiger partial charge in [0, 0.05) is 11.8 Å². The van der Waals surface area contributed by atoms with Gasteiger partial charge in [0.25, 0.3) is 0 Å². The summed E-state index contributed by atoms with van der Waals surface area (Å²) in [4.78, 5) is 16.4. The first-order valence-electron chi connectivity index (χ1n) is 5.29. The summed E-state index contributed by atoms with van der Waals surface area (Å²) >= 11 is 0. The Balaban J connectivity index is 2.17. The Morgan fingerprint density at radius 2 is 2.00 bits per heavy atom. The Labute approximate surface area is 92.0 Å². The molecule has 1 aromatic heterocycles. The lowest BCUT2D eigenvalue weighted by Crippen LogP contribution is -2.07. The van der Waals surface area contributed by atoms with E-state index in [1.807, 2.05) is 24.3 Å². The van der Waals surface area contributed by atoms with E-state index in [1.165, 1.54) is 0 Å². The minimum atomic E-state index is -0.690. The molecule has 0 unspecified atom stereocenters. The van der Waals surface area contributed by atoms with Crippen molar-refractivity contribution in [3.63, 3.8) is 0 Å². The van der Waals surface area contributed by atoms with E-state index in [2.05, 4.69) is 9.97 Å². The van der Waals surface area contributed by atoms with Gasteiger partial charge in [-0.1, -0.05) is 24.3 Å². The minimum absolute atomic E-state index is 0.229. The Bertz CT molecular complexity index is 578. The predicted octanol–water partition coefficient (Wildman–Crippen LogP) is 1.35. The summed E-state index contributed by atoms with van der Waals surface area (Å²) in [5.41, 5.74) is 1.59. The van der Waals surface area contributed by atoms with E-state index in [0.717, 1.165) is 29.7 Å². The molecule has 0 saturated heterocycles. The van der Waals surface area contributed by atoms with E-state index in [0.29, 0.717) is 0 Å². The maximum absolute atomic E-state index is 11.1. The van der Waals surface area contributed by atoms with Gasteiger partial charge in [-0.05, 0) is 18.4 Å². The second-order valence-corrected chi connectivity index (χ2v) is 4.23. The number of nitrogens with one attached hydrogen (secondary N) is 2. The van der Waals surface area contributed by atoms with Crippen LogP contribution in [0.5, 0.6) is 0 Å². The molecular formula is C12H12N2O2. The van der Waals surface area contributed by atoms with Crippen molar-refractivity contribution in [2.24, 2.45) is 0 Å². The maximum Gasteiger partial charge on any atom is 0.323 e. The molecule has 4 heteroatoms. The fourth-order valence-corrected chi connectivity index (χ4v) is 1.99. The van der Waals surface area contributed by atoms with Crippen molar-refractivity contribution in [1.82, 2.24) is 9.97 Å². The molecule has 1 aromatic carbocycles. The lowest BCUT2D eigenvalue weighted by atomic mass is 9.99. The highest BCUT2D eigenvalue weighted by molar-refractivity contribution is 5.65. The number of benzene rings is 1. The van der Waals surface area contributed by atoms with Crippen LogP contribution in [0.4, 0.5) is 0 Å². The molecule has 0 spiro atoms. The number of aromatic nitrogens is 2. The first-order chi connectivity index (χ1) is 7.69. The summed E-state index contributed by atoms with van der Waals surface area (Å²) in [5, 5.41) is 10.1. The maximum atomic E-state index is 11.1. The zero-order valence-electron chi connectivity index (χ0n) is 8.66. The molecule has 2 aromatic rings. The van der Waals surface area contributed by atoms with Gasteiger partial charge in [0.1, 0.15) is 0 Å². The van der Waals surface area contributed by atoms with Gasteiger partial charge in [0.15, 0.2) is 0 Å². The summed E-state index contributed by atoms with van der Waals surface area (Å²) in [6.45, 7) is 0. The lowest BCUT2D eigenvalue weighted by Gasteiger charge is -2.12. The van der Waals surface area contributed by atoms with E-state index in [9.17, 15) is 9.90 Å². The molecule has 0 radical (unpaired) electrons. The predicted molar refractivity (Wildman–Crippen MR) is 60.0 cm³/mol. The first-order valence-corrected chi connectivity index (χ1v) is 5.29. The van der Waals surface area contributed by atoms with Crippen LogP contribution in [0.1, 0.15) is 18.4 Å². The third-order valence-electron chi connectivity index (χ3n) is 3.04. The van der Waals surface area contributed by atoms with Gasteiger partial charge >= 0.3 is 5.69 Å². The Hall–Kier alpha value is -1.81. The van der Waals surface area contributed by atoms with Crippen molar-refractivity contribution in [2.45, 2.75) is 18.4 Å². The number of aromatic amines is 2. The molecule has 3 rings (SSSR count). The number of H-pyrrole nitrogens is 2. The van der Waals surface area contributed by atoms with Crippen molar-refractivity contribution < 1.29 is 5.11 Å². The van der Waals surface area contributed by atoms with Crippen molar-refractivity contribution in [3.05, 3.63) is 46.5 Å². The highest BCUT2D eigenvalue weighted by Gasteiger charge is 2.43. The van der Waals surface area contributed by atoms with Crippen molar-refractivity contribution in [1.29, 1.82) is 0 Å². The third-order valence-corrected chi connectivity index (χ3v) is 3.04. The van der Waals surface area contributed by atoms with E-state index in [-0.39, 0.29) is 5.69 Å². The van der Waals surface area contributed by atoms with Gasteiger partial charge in [0.05, 0.1) is 11.3 Å². The van der Waals surface area contributed by atoms with Crippen molar-refractivity contribution in [3.8, 4) is 11.3 Å². The molecule has 16 heavy (non-hydrogen) atoms. The van der Waals surface area contributed by atoms with E-state index >= 15 is 0 Å². The molecule has 3 N–H and O–H groups in total. The van der Waals surface area contributed by atoms with Crippen LogP contribution in [0, 0.1) is 0 Å². The Kier molecular flexibility index (Phi) is 1.82. The molecule has 82 valence electrons. The van der Waals surface area contributed by atoms with Gasteiger partial charge in [-0.3, -0.25) is 0 Å². The van der Waals surface area contributed by atoms with E-state index < -0.39 is 5.60 Å². The summed E-state index contributed by atoms with van der Waals surface area (Å²) in [7, 11) is 0. The molecule has 1 saturated carbocycles. The highest BCUT2D eigenvalue weighted by atomic mass is 16.3. The standard InChI is InChI=1S/C12H12N2O2/c15-11-13-7-10(14-11)8-3-1-2-4-9(8)12(16)5-6-12/h1-4,7,16H,5-6H2,(H2,13,14,15). The Morgan fingerprint density at radius 3 is 2.62 bits per heavy atom. The fourth-order valence-electron chi connectivity index (χ4n) is 1.99. The first kappa shape index (κ1) is 9.42. The van der Waals surface area contributed by atoms with Crippen molar-refractivity contribution >= 4 is 0 Å². The van der Waals surface area contributed by atoms with Crippen LogP contribution in [0.15, 0.2) is 35.3 Å². The van der Waals surface area contributed by atoms with Gasteiger partial charge in [-0.2, -0.15) is 0 Å². The van der Waals surface area contributed by atoms with Crippen LogP contribution in [-0.4, -0.2) is 15.1 Å². The van der Waals surface area contributed by atoms with Crippen LogP contribution in [0.3, 0.4) is 0 Å². The molecule has 4 nitrogen and oxygen atoms in total. The fraction of sp³-hybridized carbons (Fsp3) is 0.250. The average molecular weight is 216 g/mol. The van der Waals surface area contributed by atoms with Crippen LogP contribution in [0.25, 0.3) is 11.3 Å². The number of imidazole rings is 1. The number of hydrogen-bond donors (Lipinski definition) is 3. The zero-order chi connectivity index (χ0) is 11.2. The molecule has 0 aliphatic heterocycles. The molecule has 1 aliphatic carbocycles. The molecule has 0 bridgehead atoms. The largest absolute Gasteiger partial charge is 0.385 e. The minimum Gasteiger partial charge on any atom is -0.385 e. The average Bonchev–Trinajstić information content (AvgIpc) is 2.89. The lowest BCUT2D eigenvalue weighted by molar-refractivity contribution is 0.152. The van der Waals surface area contributed by atoms with Gasteiger partial charge in [0.2, 0.25) is 0 Å². The van der Waals surface area contributed by atoms with Crippen LogP contribution < -0.4 is 5.69 Å². The van der Waals surface area contributed by atoms with Gasteiger partial charge in [-0.15, -0.1) is 0 Å². The topological polar surface area (TPSA) is 68.9 Å². The monoisotopic (exact) mass is 216 g/mol.